The second kappa shape index (κ2) is 13.0. The number of aromatic nitrogens is 3. The monoisotopic (exact) mass is 717 g/mol. The third-order valence-electron chi connectivity index (χ3n) is 8.65. The van der Waals surface area contributed by atoms with E-state index in [1.165, 1.54) is 12.3 Å². The molecule has 1 fully saturated rings. The lowest BCUT2D eigenvalue weighted by molar-refractivity contribution is -0.142. The van der Waals surface area contributed by atoms with Crippen molar-refractivity contribution in [2.45, 2.75) is 58.8 Å². The van der Waals surface area contributed by atoms with Gasteiger partial charge in [0.1, 0.15) is 28.7 Å². The molecule has 9 nitrogen and oxygen atoms in total. The zero-order chi connectivity index (χ0) is 37.1. The first kappa shape index (κ1) is 36.2. The SMILES string of the molecule is C=CC(=O)N1[C@H](C)CN(c2c(C#N)c(=O)n(-c3c(C)ccnc3C(C)C)c3nc(-c4c(N)c(F)c(F)c(C(F)(F)F)c4F)c(Cl)cc23)C[C@@H]1C. The van der Waals surface area contributed by atoms with Crippen molar-refractivity contribution in [3.8, 4) is 23.0 Å². The lowest BCUT2D eigenvalue weighted by Gasteiger charge is -2.45. The number of amides is 1. The van der Waals surface area contributed by atoms with Crippen LogP contribution in [0.4, 0.5) is 37.7 Å². The number of alkyl halides is 3. The lowest BCUT2D eigenvalue weighted by atomic mass is 9.99. The first-order valence-electron chi connectivity index (χ1n) is 15.3. The molecule has 16 heteroatoms. The zero-order valence-electron chi connectivity index (χ0n) is 27.4. The van der Waals surface area contributed by atoms with Gasteiger partial charge in [-0.25, -0.2) is 18.2 Å². The van der Waals surface area contributed by atoms with Gasteiger partial charge in [-0.15, -0.1) is 0 Å². The van der Waals surface area contributed by atoms with Gasteiger partial charge in [0.05, 0.1) is 39.0 Å². The molecular formula is C34H30ClF6N7O2. The molecule has 4 aromatic rings. The molecule has 0 saturated carbocycles. The predicted molar refractivity (Wildman–Crippen MR) is 177 cm³/mol. The first-order chi connectivity index (χ1) is 23.4. The van der Waals surface area contributed by atoms with E-state index in [9.17, 15) is 36.8 Å². The number of carbonyl (C=O) groups is 1. The van der Waals surface area contributed by atoms with Crippen LogP contribution in [0.1, 0.15) is 56.0 Å². The van der Waals surface area contributed by atoms with Gasteiger partial charge in [-0.3, -0.25) is 19.1 Å². The van der Waals surface area contributed by atoms with E-state index < -0.39 is 68.8 Å². The number of piperazine rings is 1. The zero-order valence-corrected chi connectivity index (χ0v) is 28.1. The molecule has 2 N–H and O–H groups in total. The summed E-state index contributed by atoms with van der Waals surface area (Å²) in [4.78, 5) is 39.2. The summed E-state index contributed by atoms with van der Waals surface area (Å²) in [6, 6.07) is 3.78. The summed E-state index contributed by atoms with van der Waals surface area (Å²) in [6.45, 7) is 12.5. The van der Waals surface area contributed by atoms with Crippen molar-refractivity contribution in [1.29, 1.82) is 5.26 Å². The number of hydrogen-bond acceptors (Lipinski definition) is 7. The van der Waals surface area contributed by atoms with Crippen LogP contribution in [0.15, 0.2) is 35.8 Å². The minimum atomic E-state index is -5.68. The number of aryl methyl sites for hydroxylation is 1. The van der Waals surface area contributed by atoms with E-state index in [4.69, 9.17) is 17.3 Å². The summed E-state index contributed by atoms with van der Waals surface area (Å²) in [5, 5.41) is 9.96. The fraction of sp³-hybridized carbons (Fsp3) is 0.324. The molecule has 1 aliphatic heterocycles. The van der Waals surface area contributed by atoms with Crippen LogP contribution in [0.3, 0.4) is 0 Å². The minimum absolute atomic E-state index is 0.0355. The van der Waals surface area contributed by atoms with E-state index in [2.05, 4.69) is 16.5 Å². The van der Waals surface area contributed by atoms with Gasteiger partial charge in [-0.2, -0.15) is 18.4 Å². The molecule has 50 heavy (non-hydrogen) atoms. The third-order valence-corrected chi connectivity index (χ3v) is 8.94. The molecule has 0 radical (unpaired) electrons. The molecule has 0 unspecified atom stereocenters. The fourth-order valence-corrected chi connectivity index (χ4v) is 6.81. The average molecular weight is 718 g/mol. The highest BCUT2D eigenvalue weighted by Gasteiger charge is 2.43. The highest BCUT2D eigenvalue weighted by molar-refractivity contribution is 6.34. The van der Waals surface area contributed by atoms with Crippen LogP contribution in [0.5, 0.6) is 0 Å². The molecule has 1 saturated heterocycles. The maximum atomic E-state index is 15.7. The number of fused-ring (bicyclic) bond motifs is 1. The third kappa shape index (κ3) is 5.70. The van der Waals surface area contributed by atoms with Crippen molar-refractivity contribution in [3.63, 3.8) is 0 Å². The summed E-state index contributed by atoms with van der Waals surface area (Å²) < 4.78 is 87.6. The van der Waals surface area contributed by atoms with Crippen molar-refractivity contribution in [2.75, 3.05) is 23.7 Å². The Hall–Kier alpha value is -5.10. The number of rotatable bonds is 5. The molecule has 0 bridgehead atoms. The van der Waals surface area contributed by atoms with Crippen LogP contribution < -0.4 is 16.2 Å². The molecular weight excluding hydrogens is 688 g/mol. The Morgan fingerprint density at radius 1 is 1.14 bits per heavy atom. The van der Waals surface area contributed by atoms with Gasteiger partial charge >= 0.3 is 6.18 Å². The number of halogens is 7. The summed E-state index contributed by atoms with van der Waals surface area (Å²) in [7, 11) is 0. The summed E-state index contributed by atoms with van der Waals surface area (Å²) >= 11 is 6.59. The maximum absolute atomic E-state index is 15.7. The van der Waals surface area contributed by atoms with Crippen LogP contribution in [0.25, 0.3) is 28.0 Å². The molecule has 0 spiro atoms. The molecule has 4 heterocycles. The number of nitriles is 1. The van der Waals surface area contributed by atoms with Crippen LogP contribution in [0.2, 0.25) is 5.02 Å². The Morgan fingerprint density at radius 3 is 2.30 bits per heavy atom. The van der Waals surface area contributed by atoms with Crippen LogP contribution >= 0.6 is 11.6 Å². The second-order valence-electron chi connectivity index (χ2n) is 12.3. The Labute approximate surface area is 287 Å². The van der Waals surface area contributed by atoms with E-state index in [0.29, 0.717) is 11.3 Å². The Bertz CT molecular complexity index is 2180. The van der Waals surface area contributed by atoms with E-state index in [1.807, 2.05) is 6.07 Å². The normalized spacial score (nSPS) is 16.6. The molecule has 2 atom stereocenters. The predicted octanol–water partition coefficient (Wildman–Crippen LogP) is 7.03. The van der Waals surface area contributed by atoms with Gasteiger partial charge in [0.15, 0.2) is 11.6 Å². The van der Waals surface area contributed by atoms with Crippen molar-refractivity contribution < 1.29 is 31.1 Å². The number of nitrogen functional groups attached to an aromatic ring is 1. The Morgan fingerprint density at radius 2 is 1.76 bits per heavy atom. The molecule has 1 amide bonds. The van der Waals surface area contributed by atoms with Crippen molar-refractivity contribution in [3.05, 3.63) is 86.2 Å². The summed E-state index contributed by atoms with van der Waals surface area (Å²) in [5.74, 6) is -7.64. The first-order valence-corrected chi connectivity index (χ1v) is 15.6. The number of pyridine rings is 3. The molecule has 0 aliphatic carbocycles. The van der Waals surface area contributed by atoms with Gasteiger partial charge < -0.3 is 15.5 Å². The highest BCUT2D eigenvalue weighted by Crippen LogP contribution is 2.45. The number of carbonyl (C=O) groups excluding carboxylic acids is 1. The van der Waals surface area contributed by atoms with Gasteiger partial charge in [-0.1, -0.05) is 32.0 Å². The van der Waals surface area contributed by atoms with E-state index in [0.717, 1.165) is 10.6 Å². The van der Waals surface area contributed by atoms with Gasteiger partial charge in [0.25, 0.3) is 5.56 Å². The molecule has 262 valence electrons. The van der Waals surface area contributed by atoms with Gasteiger partial charge in [-0.05, 0) is 50.5 Å². The fourth-order valence-electron chi connectivity index (χ4n) is 6.57. The molecule has 3 aromatic heterocycles. The van der Waals surface area contributed by atoms with Crippen molar-refractivity contribution in [2.24, 2.45) is 0 Å². The van der Waals surface area contributed by atoms with E-state index in [-0.39, 0.29) is 52.9 Å². The van der Waals surface area contributed by atoms with Crippen LogP contribution in [0, 0.1) is 35.7 Å². The van der Waals surface area contributed by atoms with Crippen molar-refractivity contribution >= 4 is 39.9 Å². The number of benzene rings is 1. The van der Waals surface area contributed by atoms with Crippen molar-refractivity contribution in [1.82, 2.24) is 19.4 Å². The largest absolute Gasteiger partial charge is 0.422 e. The average Bonchev–Trinajstić information content (AvgIpc) is 3.02. The lowest BCUT2D eigenvalue weighted by Crippen LogP contribution is -2.58. The summed E-state index contributed by atoms with van der Waals surface area (Å²) in [6.07, 6.45) is -3.01. The smallest absolute Gasteiger partial charge is 0.396 e. The molecule has 5 rings (SSSR count). The number of anilines is 2. The quantitative estimate of drug-likeness (QED) is 0.102. The standard InChI is InChI=1S/C34H30ClF6N7O2/c1-7-21(49)47-16(5)12-46(13-17(47)6)31-18-10-20(35)29(22-24(36)23(34(39,40)41)25(37)26(38)27(22)43)45-32(18)48(33(50)19(31)11-42)30-15(4)8-9-44-28(30)14(2)3/h7-10,14,16-17H,1,12-13,43H2,2-6H3/t16-,17+. The topological polar surface area (TPSA) is 121 Å². The second-order valence-corrected chi connectivity index (χ2v) is 12.7. The number of hydrogen-bond donors (Lipinski definition) is 1. The number of nitrogens with two attached hydrogens (primary N) is 1. The minimum Gasteiger partial charge on any atom is -0.396 e. The van der Waals surface area contributed by atoms with Gasteiger partial charge in [0.2, 0.25) is 5.91 Å². The highest BCUT2D eigenvalue weighted by atomic mass is 35.5. The van der Waals surface area contributed by atoms with Gasteiger partial charge in [0, 0.05) is 36.8 Å². The van der Waals surface area contributed by atoms with E-state index >= 15 is 4.39 Å². The van der Waals surface area contributed by atoms with E-state index in [1.54, 1.807) is 50.5 Å². The maximum Gasteiger partial charge on any atom is 0.422 e. The summed E-state index contributed by atoms with van der Waals surface area (Å²) in [5.41, 5.74) is -0.800. The van der Waals surface area contributed by atoms with Crippen LogP contribution in [-0.4, -0.2) is 50.5 Å². The van der Waals surface area contributed by atoms with Crippen LogP contribution in [-0.2, 0) is 11.0 Å². The Kier molecular flexibility index (Phi) is 9.39. The number of nitrogens with zero attached hydrogens (tertiary/aromatic N) is 6. The molecule has 1 aromatic carbocycles. The Balaban J connectivity index is 1.97. The molecule has 1 aliphatic rings.